The molecule has 19 heavy (non-hydrogen) atoms. The Morgan fingerprint density at radius 1 is 1.26 bits per heavy atom. The Bertz CT molecular complexity index is 452. The number of para-hydroxylation sites is 1. The van der Waals surface area contributed by atoms with Crippen molar-refractivity contribution >= 4 is 17.7 Å². The SMILES string of the molecule is O=C(O)CCc1ccccc1NC(=O)NCC(F)F. The fraction of sp³-hybridized carbons (Fsp3) is 0.333. The third-order valence-corrected chi connectivity index (χ3v) is 2.29. The van der Waals surface area contributed by atoms with Gasteiger partial charge in [-0.15, -0.1) is 0 Å². The van der Waals surface area contributed by atoms with E-state index in [1.165, 1.54) is 0 Å². The molecule has 1 rings (SSSR count). The van der Waals surface area contributed by atoms with E-state index in [1.54, 1.807) is 24.3 Å². The smallest absolute Gasteiger partial charge is 0.319 e. The van der Waals surface area contributed by atoms with E-state index in [1.807, 2.05) is 5.32 Å². The molecule has 0 aliphatic carbocycles. The number of nitrogens with one attached hydrogen (secondary N) is 2. The van der Waals surface area contributed by atoms with Crippen LogP contribution in [0.3, 0.4) is 0 Å². The molecule has 104 valence electrons. The molecule has 0 bridgehead atoms. The van der Waals surface area contributed by atoms with Crippen molar-refractivity contribution in [2.75, 3.05) is 11.9 Å². The highest BCUT2D eigenvalue weighted by Gasteiger charge is 2.09. The number of carbonyl (C=O) groups is 2. The molecule has 0 aliphatic rings. The van der Waals surface area contributed by atoms with E-state index in [2.05, 4.69) is 5.32 Å². The topological polar surface area (TPSA) is 78.4 Å². The molecule has 1 aromatic rings. The van der Waals surface area contributed by atoms with Crippen LogP contribution in [-0.4, -0.2) is 30.1 Å². The van der Waals surface area contributed by atoms with Gasteiger partial charge in [-0.25, -0.2) is 13.6 Å². The Morgan fingerprint density at radius 2 is 1.95 bits per heavy atom. The predicted molar refractivity (Wildman–Crippen MR) is 65.4 cm³/mol. The molecule has 0 radical (unpaired) electrons. The fourth-order valence-electron chi connectivity index (χ4n) is 1.44. The van der Waals surface area contributed by atoms with Crippen LogP contribution in [0.2, 0.25) is 0 Å². The maximum Gasteiger partial charge on any atom is 0.319 e. The molecular formula is C12H14F2N2O3. The molecule has 0 aromatic heterocycles. The van der Waals surface area contributed by atoms with Crippen LogP contribution >= 0.6 is 0 Å². The first kappa shape index (κ1) is 14.9. The predicted octanol–water partition coefficient (Wildman–Crippen LogP) is 2.09. The van der Waals surface area contributed by atoms with Gasteiger partial charge in [0.1, 0.15) is 0 Å². The molecule has 2 amide bonds. The van der Waals surface area contributed by atoms with Gasteiger partial charge in [0.25, 0.3) is 6.43 Å². The molecule has 0 unspecified atom stereocenters. The normalized spacial score (nSPS) is 10.3. The monoisotopic (exact) mass is 272 g/mol. The zero-order valence-electron chi connectivity index (χ0n) is 10.0. The van der Waals surface area contributed by atoms with Crippen LogP contribution in [0.15, 0.2) is 24.3 Å². The van der Waals surface area contributed by atoms with Gasteiger partial charge in [0.15, 0.2) is 0 Å². The van der Waals surface area contributed by atoms with Crippen LogP contribution in [0.25, 0.3) is 0 Å². The summed E-state index contributed by atoms with van der Waals surface area (Å²) in [5, 5.41) is 13.0. The first-order valence-corrected chi connectivity index (χ1v) is 5.61. The minimum atomic E-state index is -2.62. The van der Waals surface area contributed by atoms with Crippen LogP contribution < -0.4 is 10.6 Å². The Hall–Kier alpha value is -2.18. The lowest BCUT2D eigenvalue weighted by Crippen LogP contribution is -2.32. The fourth-order valence-corrected chi connectivity index (χ4v) is 1.44. The van der Waals surface area contributed by atoms with E-state index in [-0.39, 0.29) is 12.8 Å². The van der Waals surface area contributed by atoms with Crippen molar-refractivity contribution < 1.29 is 23.5 Å². The van der Waals surface area contributed by atoms with Gasteiger partial charge in [-0.3, -0.25) is 4.79 Å². The van der Waals surface area contributed by atoms with Gasteiger partial charge in [-0.1, -0.05) is 18.2 Å². The summed E-state index contributed by atoms with van der Waals surface area (Å²) in [7, 11) is 0. The summed E-state index contributed by atoms with van der Waals surface area (Å²) >= 11 is 0. The summed E-state index contributed by atoms with van der Waals surface area (Å²) in [6, 6.07) is 5.88. The zero-order chi connectivity index (χ0) is 14.3. The minimum absolute atomic E-state index is 0.0721. The van der Waals surface area contributed by atoms with E-state index >= 15 is 0 Å². The lowest BCUT2D eigenvalue weighted by Gasteiger charge is -2.11. The lowest BCUT2D eigenvalue weighted by molar-refractivity contribution is -0.136. The molecule has 0 heterocycles. The Labute approximate surface area is 108 Å². The van der Waals surface area contributed by atoms with Crippen molar-refractivity contribution in [1.29, 1.82) is 0 Å². The molecule has 0 saturated heterocycles. The average Bonchev–Trinajstić information content (AvgIpc) is 2.35. The second-order valence-electron chi connectivity index (χ2n) is 3.78. The van der Waals surface area contributed by atoms with Crippen molar-refractivity contribution in [2.24, 2.45) is 0 Å². The zero-order valence-corrected chi connectivity index (χ0v) is 10.0. The van der Waals surface area contributed by atoms with Gasteiger partial charge in [0.05, 0.1) is 6.54 Å². The minimum Gasteiger partial charge on any atom is -0.481 e. The molecule has 0 aliphatic heterocycles. The maximum absolute atomic E-state index is 11.9. The number of carboxylic acids is 1. The van der Waals surface area contributed by atoms with E-state index in [4.69, 9.17) is 5.11 Å². The largest absolute Gasteiger partial charge is 0.481 e. The number of aryl methyl sites for hydroxylation is 1. The summed E-state index contributed by atoms with van der Waals surface area (Å²) in [6.45, 7) is -0.733. The third kappa shape index (κ3) is 5.80. The van der Waals surface area contributed by atoms with Gasteiger partial charge in [0.2, 0.25) is 0 Å². The number of hydrogen-bond acceptors (Lipinski definition) is 2. The molecule has 0 fully saturated rings. The van der Waals surface area contributed by atoms with Gasteiger partial charge in [0, 0.05) is 12.1 Å². The van der Waals surface area contributed by atoms with Crippen LogP contribution in [-0.2, 0) is 11.2 Å². The first-order chi connectivity index (χ1) is 8.99. The molecule has 3 N–H and O–H groups in total. The lowest BCUT2D eigenvalue weighted by atomic mass is 10.1. The summed E-state index contributed by atoms with van der Waals surface area (Å²) in [5.41, 5.74) is 1.05. The number of hydrogen-bond donors (Lipinski definition) is 3. The number of alkyl halides is 2. The highest BCUT2D eigenvalue weighted by atomic mass is 19.3. The van der Waals surface area contributed by atoms with E-state index < -0.39 is 25.0 Å². The summed E-state index contributed by atoms with van der Waals surface area (Å²) in [4.78, 5) is 21.8. The van der Waals surface area contributed by atoms with Gasteiger partial charge in [-0.2, -0.15) is 0 Å². The van der Waals surface area contributed by atoms with Gasteiger partial charge >= 0.3 is 12.0 Å². The number of rotatable bonds is 6. The van der Waals surface area contributed by atoms with Crippen molar-refractivity contribution in [3.8, 4) is 0 Å². The Balaban J connectivity index is 2.61. The quantitative estimate of drug-likeness (QED) is 0.742. The molecular weight excluding hydrogens is 258 g/mol. The Morgan fingerprint density at radius 3 is 2.58 bits per heavy atom. The molecule has 0 atom stereocenters. The van der Waals surface area contributed by atoms with Crippen molar-refractivity contribution in [1.82, 2.24) is 5.32 Å². The van der Waals surface area contributed by atoms with E-state index in [0.29, 0.717) is 11.3 Å². The number of carbonyl (C=O) groups excluding carboxylic acids is 1. The van der Waals surface area contributed by atoms with Crippen LogP contribution in [0.5, 0.6) is 0 Å². The summed E-state index contributed by atoms with van der Waals surface area (Å²) in [6.07, 6.45) is -2.44. The standard InChI is InChI=1S/C12H14F2N2O3/c13-10(14)7-15-12(19)16-9-4-2-1-3-8(9)5-6-11(17)18/h1-4,10H,5-7H2,(H,17,18)(H2,15,16,19). The maximum atomic E-state index is 11.9. The van der Waals surface area contributed by atoms with Crippen LogP contribution in [0.4, 0.5) is 19.3 Å². The summed E-state index contributed by atoms with van der Waals surface area (Å²) in [5.74, 6) is -0.947. The van der Waals surface area contributed by atoms with Crippen molar-refractivity contribution in [2.45, 2.75) is 19.3 Å². The number of benzene rings is 1. The first-order valence-electron chi connectivity index (χ1n) is 5.61. The second-order valence-corrected chi connectivity index (χ2v) is 3.78. The highest BCUT2D eigenvalue weighted by molar-refractivity contribution is 5.90. The number of aliphatic carboxylic acids is 1. The molecule has 7 heteroatoms. The van der Waals surface area contributed by atoms with Crippen LogP contribution in [0.1, 0.15) is 12.0 Å². The Kier molecular flexibility index (Phi) is 5.72. The molecule has 0 spiro atoms. The number of anilines is 1. The molecule has 0 saturated carbocycles. The van der Waals surface area contributed by atoms with Crippen LogP contribution in [0, 0.1) is 0 Å². The summed E-state index contributed by atoms with van der Waals surface area (Å²) < 4.78 is 23.8. The van der Waals surface area contributed by atoms with E-state index in [9.17, 15) is 18.4 Å². The molecule has 5 nitrogen and oxygen atoms in total. The van der Waals surface area contributed by atoms with Crippen molar-refractivity contribution in [3.05, 3.63) is 29.8 Å². The average molecular weight is 272 g/mol. The molecule has 1 aromatic carbocycles. The van der Waals surface area contributed by atoms with Crippen molar-refractivity contribution in [3.63, 3.8) is 0 Å². The number of urea groups is 1. The van der Waals surface area contributed by atoms with E-state index in [0.717, 1.165) is 0 Å². The highest BCUT2D eigenvalue weighted by Crippen LogP contribution is 2.16. The van der Waals surface area contributed by atoms with Gasteiger partial charge < -0.3 is 15.7 Å². The number of amides is 2. The second kappa shape index (κ2) is 7.30. The number of carboxylic acid groups (broad SMARTS) is 1. The van der Waals surface area contributed by atoms with Gasteiger partial charge in [-0.05, 0) is 18.1 Å². The number of halogens is 2. The third-order valence-electron chi connectivity index (χ3n) is 2.29.